The van der Waals surface area contributed by atoms with Crippen LogP contribution in [0.25, 0.3) is 0 Å². The van der Waals surface area contributed by atoms with Crippen LogP contribution in [-0.4, -0.2) is 0 Å². The predicted molar refractivity (Wildman–Crippen MR) is 64.6 cm³/mol. The molecule has 0 aliphatic rings. The smallest absolute Gasteiger partial charge is 0.171 e. The third kappa shape index (κ3) is 2.65. The molecule has 0 unspecified atom stereocenters. The summed E-state index contributed by atoms with van der Waals surface area (Å²) in [5.74, 6) is -15.5. The predicted octanol–water partition coefficient (Wildman–Crippen LogP) is 4.39. The average Bonchev–Trinajstić information content (AvgIpc) is 2.44. The molecule has 0 saturated heterocycles. The Morgan fingerprint density at radius 2 is 0.773 bits per heavy atom. The molecule has 22 heavy (non-hydrogen) atoms. The molecular formula is C12H2ClF8P. The maximum absolute atomic E-state index is 13.6. The lowest BCUT2D eigenvalue weighted by Gasteiger charge is -2.15. The summed E-state index contributed by atoms with van der Waals surface area (Å²) in [5, 5.41) is -3.09. The van der Waals surface area contributed by atoms with Gasteiger partial charge in [0.25, 0.3) is 0 Å². The number of hydrogen-bond acceptors (Lipinski definition) is 0. The Bertz CT molecular complexity index is 648. The highest BCUT2D eigenvalue weighted by atomic mass is 35.7. The van der Waals surface area contributed by atoms with E-state index in [-0.39, 0.29) is 12.1 Å². The van der Waals surface area contributed by atoms with Gasteiger partial charge < -0.3 is 0 Å². The van der Waals surface area contributed by atoms with Crippen molar-refractivity contribution in [2.24, 2.45) is 0 Å². The molecule has 0 spiro atoms. The minimum atomic E-state index is -3.31. The van der Waals surface area contributed by atoms with E-state index in [0.717, 1.165) is 0 Å². The monoisotopic (exact) mass is 364 g/mol. The zero-order valence-electron chi connectivity index (χ0n) is 10.0. The molecule has 0 aliphatic carbocycles. The molecule has 0 aliphatic heterocycles. The quantitative estimate of drug-likeness (QED) is 0.421. The van der Waals surface area contributed by atoms with Crippen molar-refractivity contribution in [3.63, 3.8) is 0 Å². The van der Waals surface area contributed by atoms with Crippen molar-refractivity contribution in [3.8, 4) is 0 Å². The molecule has 2 rings (SSSR count). The molecule has 0 aromatic heterocycles. The molecule has 10 heteroatoms. The lowest BCUT2D eigenvalue weighted by molar-refractivity contribution is 0.461. The van der Waals surface area contributed by atoms with Gasteiger partial charge in [-0.05, 0) is 0 Å². The number of benzene rings is 2. The zero-order valence-corrected chi connectivity index (χ0v) is 11.7. The van der Waals surface area contributed by atoms with Crippen LogP contribution in [0.1, 0.15) is 0 Å². The fourth-order valence-corrected chi connectivity index (χ4v) is 3.81. The second-order valence-electron chi connectivity index (χ2n) is 3.91. The molecule has 2 aromatic carbocycles. The molecule has 0 saturated carbocycles. The maximum atomic E-state index is 13.6. The largest absolute Gasteiger partial charge is 0.204 e. The first-order valence-electron chi connectivity index (χ1n) is 5.28. The van der Waals surface area contributed by atoms with Crippen LogP contribution in [0.5, 0.6) is 0 Å². The fourth-order valence-electron chi connectivity index (χ4n) is 1.58. The number of rotatable bonds is 2. The Morgan fingerprint density at radius 1 is 0.545 bits per heavy atom. The first kappa shape index (κ1) is 17.0. The lowest BCUT2D eigenvalue weighted by atomic mass is 10.3. The molecule has 0 bridgehead atoms. The molecule has 0 radical (unpaired) electrons. The van der Waals surface area contributed by atoms with E-state index in [9.17, 15) is 35.1 Å². The van der Waals surface area contributed by atoms with Crippen LogP contribution in [0.3, 0.4) is 0 Å². The van der Waals surface area contributed by atoms with Crippen molar-refractivity contribution in [2.45, 2.75) is 0 Å². The van der Waals surface area contributed by atoms with Crippen molar-refractivity contribution in [1.29, 1.82) is 0 Å². The van der Waals surface area contributed by atoms with Crippen LogP contribution in [0.4, 0.5) is 35.1 Å². The third-order valence-electron chi connectivity index (χ3n) is 2.57. The summed E-state index contributed by atoms with van der Waals surface area (Å²) in [6, 6.07) is -0.291. The van der Waals surface area contributed by atoms with Gasteiger partial charge in [0.15, 0.2) is 46.5 Å². The summed E-state index contributed by atoms with van der Waals surface area (Å²) in [6.45, 7) is 0. The SMILES string of the molecule is Fc1cc(F)c(F)c(P(Cl)c2c(F)c(F)cc(F)c2F)c1F. The average molecular weight is 365 g/mol. The number of hydrogen-bond donors (Lipinski definition) is 0. The Morgan fingerprint density at radius 3 is 1.00 bits per heavy atom. The third-order valence-corrected chi connectivity index (χ3v) is 5.15. The Labute approximate surface area is 123 Å². The van der Waals surface area contributed by atoms with Crippen molar-refractivity contribution in [2.75, 3.05) is 0 Å². The van der Waals surface area contributed by atoms with Crippen molar-refractivity contribution in [3.05, 3.63) is 58.7 Å². The van der Waals surface area contributed by atoms with Gasteiger partial charge in [-0.2, -0.15) is 0 Å². The standard InChI is InChI=1S/C12H2ClF8P/c13-22(11-7(18)3(14)1-4(15)8(11)19)12-9(20)5(16)2-6(17)10(12)21/h1-2H. The van der Waals surface area contributed by atoms with Crippen LogP contribution < -0.4 is 10.6 Å². The van der Waals surface area contributed by atoms with Gasteiger partial charge in [0, 0.05) is 12.1 Å². The van der Waals surface area contributed by atoms with Gasteiger partial charge in [-0.25, -0.2) is 35.1 Å². The highest BCUT2D eigenvalue weighted by molar-refractivity contribution is 7.95. The fraction of sp³-hybridized carbons (Fsp3) is 0. The number of halogens is 9. The first-order chi connectivity index (χ1) is 10.2. The van der Waals surface area contributed by atoms with Crippen molar-refractivity contribution < 1.29 is 35.1 Å². The van der Waals surface area contributed by atoms with Gasteiger partial charge >= 0.3 is 0 Å². The summed E-state index contributed by atoms with van der Waals surface area (Å²) in [5.41, 5.74) is 0. The van der Waals surface area contributed by atoms with Gasteiger partial charge in [0.1, 0.15) is 0 Å². The zero-order chi connectivity index (χ0) is 16.8. The highest BCUT2D eigenvalue weighted by Crippen LogP contribution is 2.43. The molecule has 0 N–H and O–H groups in total. The van der Waals surface area contributed by atoms with E-state index in [1.165, 1.54) is 0 Å². The summed E-state index contributed by atoms with van der Waals surface area (Å²) in [6.07, 6.45) is 0. The van der Waals surface area contributed by atoms with Crippen LogP contribution in [0.2, 0.25) is 0 Å². The molecule has 2 aromatic rings. The van der Waals surface area contributed by atoms with Gasteiger partial charge in [0.05, 0.1) is 17.9 Å². The van der Waals surface area contributed by atoms with Crippen molar-refractivity contribution >= 4 is 29.1 Å². The minimum Gasteiger partial charge on any atom is -0.204 e. The van der Waals surface area contributed by atoms with Gasteiger partial charge in [-0.15, -0.1) is 0 Å². The molecule has 0 atom stereocenters. The minimum absolute atomic E-state index is 0.146. The van der Waals surface area contributed by atoms with Crippen molar-refractivity contribution in [1.82, 2.24) is 0 Å². The summed E-state index contributed by atoms with van der Waals surface area (Å²) in [4.78, 5) is 0. The van der Waals surface area contributed by atoms with E-state index in [1.54, 1.807) is 0 Å². The topological polar surface area (TPSA) is 0 Å². The molecule has 0 heterocycles. The van der Waals surface area contributed by atoms with E-state index >= 15 is 0 Å². The van der Waals surface area contributed by atoms with Crippen LogP contribution >= 0.6 is 18.5 Å². The molecule has 0 nitrogen and oxygen atoms in total. The highest BCUT2D eigenvalue weighted by Gasteiger charge is 2.32. The van der Waals surface area contributed by atoms with E-state index in [2.05, 4.69) is 0 Å². The Balaban J connectivity index is 2.77. The van der Waals surface area contributed by atoms with E-state index in [1.807, 2.05) is 0 Å². The summed E-state index contributed by atoms with van der Waals surface area (Å²) in [7, 11) is -3.31. The van der Waals surface area contributed by atoms with Crippen LogP contribution in [-0.2, 0) is 0 Å². The lowest BCUT2D eigenvalue weighted by Crippen LogP contribution is -2.24. The second-order valence-corrected chi connectivity index (χ2v) is 6.38. The summed E-state index contributed by atoms with van der Waals surface area (Å²) >= 11 is 5.48. The second kappa shape index (κ2) is 6.01. The van der Waals surface area contributed by atoms with Crippen LogP contribution in [0, 0.1) is 46.5 Å². The molecule has 0 amide bonds. The van der Waals surface area contributed by atoms with Gasteiger partial charge in [-0.3, -0.25) is 0 Å². The first-order valence-corrected chi connectivity index (χ1v) is 7.53. The normalized spacial score (nSPS) is 11.4. The maximum Gasteiger partial charge on any atom is 0.171 e. The molecule has 0 fully saturated rings. The Kier molecular flexibility index (Phi) is 4.63. The summed E-state index contributed by atoms with van der Waals surface area (Å²) < 4.78 is 107. The van der Waals surface area contributed by atoms with E-state index in [0.29, 0.717) is 0 Å². The van der Waals surface area contributed by atoms with Crippen LogP contribution in [0.15, 0.2) is 12.1 Å². The molecular weight excluding hydrogens is 363 g/mol. The van der Waals surface area contributed by atoms with E-state index < -0.39 is 64.4 Å². The van der Waals surface area contributed by atoms with Gasteiger partial charge in [0.2, 0.25) is 0 Å². The van der Waals surface area contributed by atoms with Gasteiger partial charge in [-0.1, -0.05) is 11.2 Å². The molecule has 118 valence electrons. The Hall–Kier alpha value is -1.40. The van der Waals surface area contributed by atoms with E-state index in [4.69, 9.17) is 11.2 Å².